The first kappa shape index (κ1) is 17.2. The third kappa shape index (κ3) is 3.13. The van der Waals surface area contributed by atoms with E-state index < -0.39 is 24.1 Å². The van der Waals surface area contributed by atoms with Crippen LogP contribution in [0.2, 0.25) is 0 Å². The second-order valence-corrected chi connectivity index (χ2v) is 7.30. The molecule has 0 bridgehead atoms. The van der Waals surface area contributed by atoms with Crippen molar-refractivity contribution in [1.82, 2.24) is 10.2 Å². The van der Waals surface area contributed by atoms with E-state index in [-0.39, 0.29) is 17.9 Å². The predicted molar refractivity (Wildman–Crippen MR) is 83.4 cm³/mol. The summed E-state index contributed by atoms with van der Waals surface area (Å²) in [6.45, 7) is 9.73. The van der Waals surface area contributed by atoms with E-state index in [4.69, 9.17) is 10.5 Å². The minimum atomic E-state index is -1.61. The van der Waals surface area contributed by atoms with Crippen LogP contribution in [0.25, 0.3) is 0 Å². The molecule has 126 valence electrons. The van der Waals surface area contributed by atoms with Crippen LogP contribution in [0.15, 0.2) is 12.3 Å². The van der Waals surface area contributed by atoms with Gasteiger partial charge in [0, 0.05) is 12.1 Å². The monoisotopic (exact) mass is 313 g/mol. The molecule has 0 aromatic rings. The Kier molecular flexibility index (Phi) is 4.82. The Morgan fingerprint density at radius 3 is 2.59 bits per heavy atom. The first-order valence-corrected chi connectivity index (χ1v) is 8.01. The lowest BCUT2D eigenvalue weighted by atomic mass is 9.77. The van der Waals surface area contributed by atoms with Gasteiger partial charge in [0.05, 0.1) is 12.3 Å². The van der Waals surface area contributed by atoms with Crippen molar-refractivity contribution in [2.45, 2.75) is 65.2 Å². The van der Waals surface area contributed by atoms with Crippen LogP contribution in [0, 0.1) is 17.8 Å². The molecular weight excluding hydrogens is 285 g/mol. The van der Waals surface area contributed by atoms with Gasteiger partial charge in [-0.05, 0) is 31.3 Å². The van der Waals surface area contributed by atoms with E-state index in [1.54, 1.807) is 6.08 Å². The molecule has 5 atom stereocenters. The van der Waals surface area contributed by atoms with Crippen LogP contribution in [0.4, 0.5) is 9.18 Å². The summed E-state index contributed by atoms with van der Waals surface area (Å²) in [5.41, 5.74) is 4.03. The molecule has 6 heteroatoms. The second kappa shape index (κ2) is 6.16. The fourth-order valence-electron chi connectivity index (χ4n) is 3.70. The maximum atomic E-state index is 15.5. The molecule has 3 N–H and O–H groups in total. The molecule has 22 heavy (non-hydrogen) atoms. The number of hydrogen-bond donors (Lipinski definition) is 2. The fraction of sp³-hybridized carbons (Fsp3) is 0.812. The Morgan fingerprint density at radius 2 is 2.09 bits per heavy atom. The van der Waals surface area contributed by atoms with Gasteiger partial charge in [0.2, 0.25) is 0 Å². The zero-order valence-corrected chi connectivity index (χ0v) is 14.0. The highest BCUT2D eigenvalue weighted by molar-refractivity contribution is 5.77. The molecule has 0 saturated carbocycles. The minimum Gasteiger partial charge on any atom is -0.351 e. The van der Waals surface area contributed by atoms with Crippen molar-refractivity contribution in [1.29, 1.82) is 0 Å². The summed E-state index contributed by atoms with van der Waals surface area (Å²) in [6, 6.07) is -0.420. The van der Waals surface area contributed by atoms with E-state index in [0.29, 0.717) is 5.92 Å². The van der Waals surface area contributed by atoms with Crippen LogP contribution < -0.4 is 11.1 Å². The quantitative estimate of drug-likeness (QED) is 0.838. The van der Waals surface area contributed by atoms with Gasteiger partial charge in [0.15, 0.2) is 11.9 Å². The van der Waals surface area contributed by atoms with Crippen molar-refractivity contribution in [2.24, 2.45) is 23.5 Å². The lowest BCUT2D eigenvalue weighted by Crippen LogP contribution is -2.57. The van der Waals surface area contributed by atoms with Crippen molar-refractivity contribution in [3.05, 3.63) is 12.3 Å². The Hall–Kier alpha value is -1.14. The number of urea groups is 1. The van der Waals surface area contributed by atoms with Gasteiger partial charge in [0.25, 0.3) is 0 Å². The van der Waals surface area contributed by atoms with Gasteiger partial charge in [-0.25, -0.2) is 9.18 Å². The van der Waals surface area contributed by atoms with Crippen molar-refractivity contribution in [3.63, 3.8) is 0 Å². The predicted octanol–water partition coefficient (Wildman–Crippen LogP) is 2.58. The summed E-state index contributed by atoms with van der Waals surface area (Å²) in [6.07, 6.45) is 2.27. The summed E-state index contributed by atoms with van der Waals surface area (Å²) in [4.78, 5) is 13.4. The number of nitrogens with two attached hydrogens (primary N) is 1. The number of rotatable bonds is 4. The van der Waals surface area contributed by atoms with Crippen LogP contribution in [-0.2, 0) is 4.74 Å². The third-order valence-corrected chi connectivity index (χ3v) is 4.49. The molecule has 2 aliphatic rings. The number of nitrogens with zero attached hydrogens (tertiary/aromatic N) is 1. The topological polar surface area (TPSA) is 67.6 Å². The lowest BCUT2D eigenvalue weighted by molar-refractivity contribution is -0.0669. The van der Waals surface area contributed by atoms with Gasteiger partial charge in [-0.3, -0.25) is 4.90 Å². The minimum absolute atomic E-state index is 0.128. The average Bonchev–Trinajstić information content (AvgIpc) is 2.59. The standard InChI is InChI=1S/C16H28FN3O2/c1-9(2)8-11-13(10(3)4)16(5,17)14(22-11)20-7-6-12(18)19-15(20)21/h6-7,9-14H,8,18H2,1-5H3,(H,19,21)/t11-,12?,13-,14-,16-/m1/s1. The van der Waals surface area contributed by atoms with Crippen LogP contribution in [0.1, 0.15) is 41.0 Å². The summed E-state index contributed by atoms with van der Waals surface area (Å²) in [5.74, 6) is 0.277. The zero-order chi connectivity index (χ0) is 16.7. The van der Waals surface area contributed by atoms with Gasteiger partial charge >= 0.3 is 6.03 Å². The number of nitrogens with one attached hydrogen (secondary N) is 1. The van der Waals surface area contributed by atoms with Gasteiger partial charge < -0.3 is 15.8 Å². The Balaban J connectivity index is 2.28. The van der Waals surface area contributed by atoms with Gasteiger partial charge in [-0.2, -0.15) is 0 Å². The van der Waals surface area contributed by atoms with E-state index in [0.717, 1.165) is 6.42 Å². The Morgan fingerprint density at radius 1 is 1.45 bits per heavy atom. The van der Waals surface area contributed by atoms with Crippen LogP contribution in [0.3, 0.4) is 0 Å². The van der Waals surface area contributed by atoms with Crippen molar-refractivity contribution >= 4 is 6.03 Å². The largest absolute Gasteiger partial charge is 0.351 e. The highest BCUT2D eigenvalue weighted by Gasteiger charge is 2.58. The highest BCUT2D eigenvalue weighted by Crippen LogP contribution is 2.46. The zero-order valence-electron chi connectivity index (χ0n) is 14.0. The molecule has 0 aromatic heterocycles. The molecule has 0 spiro atoms. The van der Waals surface area contributed by atoms with Crippen LogP contribution in [-0.4, -0.2) is 35.1 Å². The van der Waals surface area contributed by atoms with E-state index >= 15 is 4.39 Å². The molecule has 5 nitrogen and oxygen atoms in total. The third-order valence-electron chi connectivity index (χ3n) is 4.49. The number of ether oxygens (including phenoxy) is 1. The highest BCUT2D eigenvalue weighted by atomic mass is 19.1. The molecule has 0 radical (unpaired) electrons. The Labute approximate surface area is 132 Å². The van der Waals surface area contributed by atoms with Crippen LogP contribution >= 0.6 is 0 Å². The maximum Gasteiger partial charge on any atom is 0.325 e. The molecule has 1 saturated heterocycles. The average molecular weight is 313 g/mol. The van der Waals surface area contributed by atoms with Crippen molar-refractivity contribution < 1.29 is 13.9 Å². The molecule has 2 aliphatic heterocycles. The lowest BCUT2D eigenvalue weighted by Gasteiger charge is -2.36. The molecule has 0 aromatic carbocycles. The molecule has 1 fully saturated rings. The molecule has 0 aliphatic carbocycles. The van der Waals surface area contributed by atoms with Gasteiger partial charge in [0.1, 0.15) is 0 Å². The molecule has 1 unspecified atom stereocenters. The second-order valence-electron chi connectivity index (χ2n) is 7.30. The Bertz CT molecular complexity index is 451. The van der Waals surface area contributed by atoms with E-state index in [1.165, 1.54) is 18.0 Å². The SMILES string of the molecule is CC(C)C[C@H]1O[C@@H](N2C=CC(N)NC2=O)[C@](C)(F)[C@@H]1C(C)C. The van der Waals surface area contributed by atoms with Crippen molar-refractivity contribution in [3.8, 4) is 0 Å². The molecule has 2 rings (SSSR count). The van der Waals surface area contributed by atoms with E-state index in [2.05, 4.69) is 19.2 Å². The first-order chi connectivity index (χ1) is 10.1. The van der Waals surface area contributed by atoms with Gasteiger partial charge in [-0.1, -0.05) is 27.7 Å². The summed E-state index contributed by atoms with van der Waals surface area (Å²) in [7, 11) is 0. The maximum absolute atomic E-state index is 15.5. The molecule has 2 heterocycles. The normalized spacial score (nSPS) is 39.0. The van der Waals surface area contributed by atoms with Crippen molar-refractivity contribution in [2.75, 3.05) is 0 Å². The first-order valence-electron chi connectivity index (χ1n) is 8.01. The summed E-state index contributed by atoms with van der Waals surface area (Å²) < 4.78 is 21.5. The van der Waals surface area contributed by atoms with Crippen LogP contribution in [0.5, 0.6) is 0 Å². The smallest absolute Gasteiger partial charge is 0.325 e. The molecular formula is C16H28FN3O2. The number of alkyl halides is 1. The fourth-order valence-corrected chi connectivity index (χ4v) is 3.70. The number of hydrogen-bond acceptors (Lipinski definition) is 3. The van der Waals surface area contributed by atoms with Gasteiger partial charge in [-0.15, -0.1) is 0 Å². The number of carbonyl (C=O) groups excluding carboxylic acids is 1. The number of halogens is 1. The summed E-state index contributed by atoms with van der Waals surface area (Å²) in [5, 5.41) is 2.57. The number of amides is 2. The molecule has 2 amide bonds. The van der Waals surface area contributed by atoms with E-state index in [1.807, 2.05) is 13.8 Å². The van der Waals surface area contributed by atoms with E-state index in [9.17, 15) is 4.79 Å². The number of carbonyl (C=O) groups is 1. The summed E-state index contributed by atoms with van der Waals surface area (Å²) >= 11 is 0.